The van der Waals surface area contributed by atoms with Crippen molar-refractivity contribution in [3.8, 4) is 0 Å². The molecule has 2 N–H and O–H groups in total. The predicted molar refractivity (Wildman–Crippen MR) is 59.6 cm³/mol. The summed E-state index contributed by atoms with van der Waals surface area (Å²) in [5.41, 5.74) is 2.36. The Balaban J connectivity index is 2.12. The van der Waals surface area contributed by atoms with Crippen LogP contribution in [0.25, 0.3) is 0 Å². The van der Waals surface area contributed by atoms with E-state index in [1.165, 1.54) is 5.56 Å². The standard InChI is InChI=1S/C11H19N3O/c1-3-5-11(15)12-7-4-6-10-8-13-14-9(10)2/h8H,3-7H2,1-2H3,(H,12,15)(H,13,14). The summed E-state index contributed by atoms with van der Waals surface area (Å²) in [4.78, 5) is 11.1. The highest BCUT2D eigenvalue weighted by Crippen LogP contribution is 2.04. The molecule has 0 saturated heterocycles. The van der Waals surface area contributed by atoms with Crippen LogP contribution in [0.4, 0.5) is 0 Å². The minimum atomic E-state index is 0.154. The lowest BCUT2D eigenvalue weighted by Gasteiger charge is -2.03. The lowest BCUT2D eigenvalue weighted by atomic mass is 10.1. The summed E-state index contributed by atoms with van der Waals surface area (Å²) in [5.74, 6) is 0.154. The van der Waals surface area contributed by atoms with E-state index in [1.807, 2.05) is 20.0 Å². The number of hydrogen-bond acceptors (Lipinski definition) is 2. The van der Waals surface area contributed by atoms with Crippen LogP contribution in [0.2, 0.25) is 0 Å². The van der Waals surface area contributed by atoms with E-state index in [1.54, 1.807) is 0 Å². The maximum absolute atomic E-state index is 11.1. The van der Waals surface area contributed by atoms with Gasteiger partial charge in [-0.1, -0.05) is 6.92 Å². The van der Waals surface area contributed by atoms with Gasteiger partial charge in [0.25, 0.3) is 0 Å². The number of aryl methyl sites for hydroxylation is 2. The molecule has 0 bridgehead atoms. The number of aromatic amines is 1. The highest BCUT2D eigenvalue weighted by Gasteiger charge is 2.01. The fraction of sp³-hybridized carbons (Fsp3) is 0.636. The van der Waals surface area contributed by atoms with Gasteiger partial charge >= 0.3 is 0 Å². The average Bonchev–Trinajstić information content (AvgIpc) is 2.60. The van der Waals surface area contributed by atoms with Crippen LogP contribution in [0.15, 0.2) is 6.20 Å². The van der Waals surface area contributed by atoms with Gasteiger partial charge in [-0.25, -0.2) is 0 Å². The van der Waals surface area contributed by atoms with Crippen molar-refractivity contribution >= 4 is 5.91 Å². The van der Waals surface area contributed by atoms with Gasteiger partial charge in [-0.05, 0) is 31.7 Å². The molecule has 1 amide bonds. The van der Waals surface area contributed by atoms with E-state index in [-0.39, 0.29) is 5.91 Å². The molecule has 4 nitrogen and oxygen atoms in total. The van der Waals surface area contributed by atoms with Crippen LogP contribution in [0, 0.1) is 6.92 Å². The van der Waals surface area contributed by atoms with Crippen molar-refractivity contribution < 1.29 is 4.79 Å². The summed E-state index contributed by atoms with van der Waals surface area (Å²) in [7, 11) is 0. The van der Waals surface area contributed by atoms with Crippen molar-refractivity contribution in [2.75, 3.05) is 6.54 Å². The minimum absolute atomic E-state index is 0.154. The van der Waals surface area contributed by atoms with Gasteiger partial charge in [0.1, 0.15) is 0 Å². The number of rotatable bonds is 6. The molecule has 1 aromatic heterocycles. The molecular weight excluding hydrogens is 190 g/mol. The van der Waals surface area contributed by atoms with Crippen LogP contribution < -0.4 is 5.32 Å². The van der Waals surface area contributed by atoms with Gasteiger partial charge in [0.15, 0.2) is 0 Å². The fourth-order valence-electron chi connectivity index (χ4n) is 1.45. The summed E-state index contributed by atoms with van der Waals surface area (Å²) in [6, 6.07) is 0. The number of nitrogens with zero attached hydrogens (tertiary/aromatic N) is 1. The Bertz CT molecular complexity index is 307. The van der Waals surface area contributed by atoms with Crippen LogP contribution in [0.3, 0.4) is 0 Å². The van der Waals surface area contributed by atoms with Crippen molar-refractivity contribution in [1.29, 1.82) is 0 Å². The number of H-pyrrole nitrogens is 1. The summed E-state index contributed by atoms with van der Waals surface area (Å²) in [6.07, 6.45) is 5.32. The van der Waals surface area contributed by atoms with Crippen LogP contribution in [-0.4, -0.2) is 22.6 Å². The predicted octanol–water partition coefficient (Wildman–Crippen LogP) is 1.57. The Hall–Kier alpha value is -1.32. The van der Waals surface area contributed by atoms with E-state index < -0.39 is 0 Å². The zero-order chi connectivity index (χ0) is 11.1. The molecule has 0 atom stereocenters. The first kappa shape index (κ1) is 11.8. The molecule has 1 rings (SSSR count). The molecule has 1 heterocycles. The van der Waals surface area contributed by atoms with E-state index in [9.17, 15) is 4.79 Å². The molecule has 0 spiro atoms. The third-order valence-electron chi connectivity index (χ3n) is 2.36. The van der Waals surface area contributed by atoms with Gasteiger partial charge < -0.3 is 5.32 Å². The molecule has 4 heteroatoms. The first-order valence-corrected chi connectivity index (χ1v) is 5.49. The third kappa shape index (κ3) is 4.14. The first-order valence-electron chi connectivity index (χ1n) is 5.49. The van der Waals surface area contributed by atoms with Gasteiger partial charge in [0.2, 0.25) is 5.91 Å². The summed E-state index contributed by atoms with van der Waals surface area (Å²) in [6.45, 7) is 4.77. The Kier molecular flexibility index (Phi) is 4.87. The Morgan fingerprint density at radius 3 is 3.00 bits per heavy atom. The second-order valence-electron chi connectivity index (χ2n) is 3.72. The molecule has 0 aliphatic heterocycles. The average molecular weight is 209 g/mol. The number of amides is 1. The molecule has 0 aliphatic carbocycles. The number of carbonyl (C=O) groups excluding carboxylic acids is 1. The van der Waals surface area contributed by atoms with Crippen molar-refractivity contribution in [2.45, 2.75) is 39.5 Å². The number of carbonyl (C=O) groups is 1. The van der Waals surface area contributed by atoms with Crippen LogP contribution >= 0.6 is 0 Å². The molecule has 0 fully saturated rings. The maximum atomic E-state index is 11.1. The summed E-state index contributed by atoms with van der Waals surface area (Å²) >= 11 is 0. The smallest absolute Gasteiger partial charge is 0.219 e. The zero-order valence-electron chi connectivity index (χ0n) is 9.47. The second-order valence-corrected chi connectivity index (χ2v) is 3.72. The molecule has 0 unspecified atom stereocenters. The van der Waals surface area contributed by atoms with E-state index in [4.69, 9.17) is 0 Å². The minimum Gasteiger partial charge on any atom is -0.356 e. The molecule has 15 heavy (non-hydrogen) atoms. The molecule has 1 aromatic rings. The molecule has 0 aliphatic rings. The molecular formula is C11H19N3O. The van der Waals surface area contributed by atoms with E-state index in [2.05, 4.69) is 15.5 Å². The Morgan fingerprint density at radius 1 is 1.60 bits per heavy atom. The van der Waals surface area contributed by atoms with Crippen molar-refractivity contribution in [2.24, 2.45) is 0 Å². The summed E-state index contributed by atoms with van der Waals surface area (Å²) in [5, 5.41) is 9.75. The van der Waals surface area contributed by atoms with Crippen LogP contribution in [-0.2, 0) is 11.2 Å². The van der Waals surface area contributed by atoms with Gasteiger partial charge in [0, 0.05) is 18.7 Å². The van der Waals surface area contributed by atoms with Crippen LogP contribution in [0.1, 0.15) is 37.4 Å². The van der Waals surface area contributed by atoms with Gasteiger partial charge in [-0.2, -0.15) is 5.10 Å². The zero-order valence-corrected chi connectivity index (χ0v) is 9.47. The second kappa shape index (κ2) is 6.22. The molecule has 0 aromatic carbocycles. The maximum Gasteiger partial charge on any atom is 0.219 e. The SMILES string of the molecule is CCCC(=O)NCCCc1cn[nH]c1C. The highest BCUT2D eigenvalue weighted by molar-refractivity contribution is 5.75. The normalized spacial score (nSPS) is 10.3. The van der Waals surface area contributed by atoms with Crippen molar-refractivity contribution in [3.63, 3.8) is 0 Å². The van der Waals surface area contributed by atoms with Gasteiger partial charge in [0.05, 0.1) is 6.20 Å². The number of aromatic nitrogens is 2. The lowest BCUT2D eigenvalue weighted by molar-refractivity contribution is -0.121. The Morgan fingerprint density at radius 2 is 2.40 bits per heavy atom. The lowest BCUT2D eigenvalue weighted by Crippen LogP contribution is -2.24. The fourth-order valence-corrected chi connectivity index (χ4v) is 1.45. The van der Waals surface area contributed by atoms with E-state index >= 15 is 0 Å². The van der Waals surface area contributed by atoms with Crippen molar-refractivity contribution in [1.82, 2.24) is 15.5 Å². The van der Waals surface area contributed by atoms with E-state index in [0.717, 1.165) is 31.5 Å². The van der Waals surface area contributed by atoms with Gasteiger partial charge in [-0.3, -0.25) is 9.89 Å². The first-order chi connectivity index (χ1) is 7.24. The largest absolute Gasteiger partial charge is 0.356 e. The molecule has 0 saturated carbocycles. The van der Waals surface area contributed by atoms with Crippen LogP contribution in [0.5, 0.6) is 0 Å². The van der Waals surface area contributed by atoms with Crippen molar-refractivity contribution in [3.05, 3.63) is 17.5 Å². The van der Waals surface area contributed by atoms with E-state index in [0.29, 0.717) is 6.42 Å². The molecule has 0 radical (unpaired) electrons. The van der Waals surface area contributed by atoms with Gasteiger partial charge in [-0.15, -0.1) is 0 Å². The Labute approximate surface area is 90.5 Å². The quantitative estimate of drug-likeness (QED) is 0.699. The molecule has 84 valence electrons. The number of hydrogen-bond donors (Lipinski definition) is 2. The highest BCUT2D eigenvalue weighted by atomic mass is 16.1. The topological polar surface area (TPSA) is 57.8 Å². The third-order valence-corrected chi connectivity index (χ3v) is 2.36. The number of nitrogens with one attached hydrogen (secondary N) is 2. The summed E-state index contributed by atoms with van der Waals surface area (Å²) < 4.78 is 0. The monoisotopic (exact) mass is 209 g/mol.